The summed E-state index contributed by atoms with van der Waals surface area (Å²) in [6.45, 7) is 0.423. The number of para-hydroxylation sites is 2. The number of aromatic amines is 1. The molecule has 0 aliphatic heterocycles. The van der Waals surface area contributed by atoms with E-state index in [-0.39, 0.29) is 19.1 Å². The Labute approximate surface area is 157 Å². The average Bonchev–Trinajstić information content (AvgIpc) is 3.22. The number of carbonyl (C=O) groups excluding carboxylic acids is 1. The molecule has 27 heavy (non-hydrogen) atoms. The zero-order valence-electron chi connectivity index (χ0n) is 14.9. The number of rotatable bonds is 6. The van der Waals surface area contributed by atoms with Gasteiger partial charge in [-0.1, -0.05) is 54.3 Å². The van der Waals surface area contributed by atoms with Crippen molar-refractivity contribution in [2.24, 2.45) is 0 Å². The molecule has 1 aromatic heterocycles. The van der Waals surface area contributed by atoms with Gasteiger partial charge in [0.05, 0.1) is 19.3 Å². The highest BCUT2D eigenvalue weighted by molar-refractivity contribution is 5.93. The molecular formula is C21H19N3O3. The Morgan fingerprint density at radius 2 is 1.81 bits per heavy atom. The summed E-state index contributed by atoms with van der Waals surface area (Å²) < 4.78 is 10.7. The Kier molecular flexibility index (Phi) is 6.10. The van der Waals surface area contributed by atoms with Crippen LogP contribution in [0.15, 0.2) is 60.7 Å². The van der Waals surface area contributed by atoms with Crippen LogP contribution in [0.5, 0.6) is 11.5 Å². The fourth-order valence-corrected chi connectivity index (χ4v) is 2.38. The van der Waals surface area contributed by atoms with E-state index in [2.05, 4.69) is 27.4 Å². The second-order valence-corrected chi connectivity index (χ2v) is 5.51. The van der Waals surface area contributed by atoms with Crippen molar-refractivity contribution in [3.8, 4) is 34.6 Å². The minimum Gasteiger partial charge on any atom is -0.493 e. The number of benzene rings is 2. The predicted molar refractivity (Wildman–Crippen MR) is 103 cm³/mol. The van der Waals surface area contributed by atoms with Crippen molar-refractivity contribution in [3.63, 3.8) is 0 Å². The highest BCUT2D eigenvalue weighted by Crippen LogP contribution is 2.25. The predicted octanol–water partition coefficient (Wildman–Crippen LogP) is 2.90. The van der Waals surface area contributed by atoms with E-state index in [4.69, 9.17) is 9.47 Å². The van der Waals surface area contributed by atoms with Crippen LogP contribution >= 0.6 is 0 Å². The van der Waals surface area contributed by atoms with Crippen LogP contribution in [-0.2, 0) is 0 Å². The molecule has 1 heterocycles. The maximum absolute atomic E-state index is 12.1. The first-order chi connectivity index (χ1) is 13.3. The molecule has 0 saturated carbocycles. The lowest BCUT2D eigenvalue weighted by Crippen LogP contribution is -2.24. The summed E-state index contributed by atoms with van der Waals surface area (Å²) in [6.07, 6.45) is 0. The molecule has 0 fully saturated rings. The number of hydrogen-bond acceptors (Lipinski definition) is 4. The van der Waals surface area contributed by atoms with Gasteiger partial charge in [-0.05, 0) is 18.2 Å². The summed E-state index contributed by atoms with van der Waals surface area (Å²) >= 11 is 0. The van der Waals surface area contributed by atoms with E-state index in [0.717, 1.165) is 11.3 Å². The number of hydrogen-bond donors (Lipinski definition) is 2. The fourth-order valence-electron chi connectivity index (χ4n) is 2.38. The summed E-state index contributed by atoms with van der Waals surface area (Å²) in [5, 5.41) is 9.62. The van der Waals surface area contributed by atoms with Gasteiger partial charge in [-0.25, -0.2) is 0 Å². The van der Waals surface area contributed by atoms with Gasteiger partial charge in [-0.3, -0.25) is 9.89 Å². The zero-order valence-corrected chi connectivity index (χ0v) is 14.9. The van der Waals surface area contributed by atoms with Gasteiger partial charge in [0.15, 0.2) is 11.5 Å². The molecule has 0 spiro atoms. The van der Waals surface area contributed by atoms with Crippen LogP contribution < -0.4 is 14.8 Å². The Morgan fingerprint density at radius 3 is 2.59 bits per heavy atom. The normalized spacial score (nSPS) is 9.81. The molecular weight excluding hydrogens is 342 g/mol. The third-order valence-corrected chi connectivity index (χ3v) is 3.72. The highest BCUT2D eigenvalue weighted by atomic mass is 16.5. The van der Waals surface area contributed by atoms with Crippen molar-refractivity contribution in [2.45, 2.75) is 0 Å². The molecule has 0 radical (unpaired) electrons. The summed E-state index contributed by atoms with van der Waals surface area (Å²) in [7, 11) is 1.59. The summed E-state index contributed by atoms with van der Waals surface area (Å²) in [4.78, 5) is 12.1. The van der Waals surface area contributed by atoms with E-state index in [9.17, 15) is 4.79 Å². The quantitative estimate of drug-likeness (QED) is 0.662. The summed E-state index contributed by atoms with van der Waals surface area (Å²) in [5.41, 5.74) is 2.05. The zero-order chi connectivity index (χ0) is 18.9. The lowest BCUT2D eigenvalue weighted by Gasteiger charge is -2.07. The number of carbonyl (C=O) groups is 1. The van der Waals surface area contributed by atoms with Crippen LogP contribution in [0.1, 0.15) is 10.5 Å². The van der Waals surface area contributed by atoms with Crippen LogP contribution in [0, 0.1) is 11.8 Å². The smallest absolute Gasteiger partial charge is 0.270 e. The van der Waals surface area contributed by atoms with E-state index >= 15 is 0 Å². The van der Waals surface area contributed by atoms with Crippen molar-refractivity contribution in [1.29, 1.82) is 0 Å². The molecule has 2 N–H and O–H groups in total. The third kappa shape index (κ3) is 4.89. The van der Waals surface area contributed by atoms with E-state index in [1.165, 1.54) is 0 Å². The maximum Gasteiger partial charge on any atom is 0.270 e. The Bertz CT molecular complexity index is 955. The molecule has 0 aliphatic carbocycles. The van der Waals surface area contributed by atoms with Gasteiger partial charge >= 0.3 is 0 Å². The summed E-state index contributed by atoms with van der Waals surface area (Å²) in [6, 6.07) is 18.7. The molecule has 0 aliphatic rings. The standard InChI is InChI=1S/C21H19N3O3/c1-26-19-11-5-6-12-20(19)27-14-8-7-13-22-21(25)18-15-17(23-24-18)16-9-3-2-4-10-16/h2-6,9-12,15H,13-14H2,1H3,(H,22,25)(H,23,24). The molecule has 2 aromatic carbocycles. The van der Waals surface area contributed by atoms with Crippen LogP contribution in [0.3, 0.4) is 0 Å². The SMILES string of the molecule is COc1ccccc1OCC#CCNC(=O)c1cc(-c2ccccc2)n[nH]1. The highest BCUT2D eigenvalue weighted by Gasteiger charge is 2.09. The fraction of sp³-hybridized carbons (Fsp3) is 0.143. The maximum atomic E-state index is 12.1. The van der Waals surface area contributed by atoms with Gasteiger partial charge in [0.2, 0.25) is 0 Å². The van der Waals surface area contributed by atoms with E-state index < -0.39 is 0 Å². The van der Waals surface area contributed by atoms with Gasteiger partial charge in [-0.2, -0.15) is 5.10 Å². The van der Waals surface area contributed by atoms with Crippen LogP contribution in [0.4, 0.5) is 0 Å². The number of aromatic nitrogens is 2. The minimum atomic E-state index is -0.260. The van der Waals surface area contributed by atoms with Crippen LogP contribution in [0.25, 0.3) is 11.3 Å². The van der Waals surface area contributed by atoms with Gasteiger partial charge in [0, 0.05) is 5.56 Å². The van der Waals surface area contributed by atoms with Crippen molar-refractivity contribution in [1.82, 2.24) is 15.5 Å². The lowest BCUT2D eigenvalue weighted by molar-refractivity contribution is 0.0953. The number of ether oxygens (including phenoxy) is 2. The Morgan fingerprint density at radius 1 is 1.07 bits per heavy atom. The van der Waals surface area contributed by atoms with Gasteiger partial charge in [-0.15, -0.1) is 0 Å². The number of nitrogens with one attached hydrogen (secondary N) is 2. The molecule has 0 bridgehead atoms. The first-order valence-corrected chi connectivity index (χ1v) is 8.38. The van der Waals surface area contributed by atoms with Gasteiger partial charge in [0.25, 0.3) is 5.91 Å². The lowest BCUT2D eigenvalue weighted by atomic mass is 10.1. The molecule has 3 aromatic rings. The molecule has 6 nitrogen and oxygen atoms in total. The molecule has 136 valence electrons. The van der Waals surface area contributed by atoms with E-state index in [0.29, 0.717) is 17.2 Å². The molecule has 1 amide bonds. The number of nitrogens with zero attached hydrogens (tertiary/aromatic N) is 1. The molecule has 3 rings (SSSR count). The molecule has 0 unspecified atom stereocenters. The molecule has 6 heteroatoms. The number of amides is 1. The summed E-state index contributed by atoms with van der Waals surface area (Å²) in [5.74, 6) is 6.73. The number of H-pyrrole nitrogens is 1. The van der Waals surface area contributed by atoms with Crippen molar-refractivity contribution >= 4 is 5.91 Å². The average molecular weight is 361 g/mol. The first-order valence-electron chi connectivity index (χ1n) is 8.38. The monoisotopic (exact) mass is 361 g/mol. The Hall–Kier alpha value is -3.72. The second kappa shape index (κ2) is 9.11. The van der Waals surface area contributed by atoms with Crippen molar-refractivity contribution in [3.05, 3.63) is 66.4 Å². The topological polar surface area (TPSA) is 76.2 Å². The van der Waals surface area contributed by atoms with Crippen LogP contribution in [0.2, 0.25) is 0 Å². The third-order valence-electron chi connectivity index (χ3n) is 3.72. The van der Waals surface area contributed by atoms with Crippen LogP contribution in [-0.4, -0.2) is 36.4 Å². The van der Waals surface area contributed by atoms with Crippen molar-refractivity contribution in [2.75, 3.05) is 20.3 Å². The largest absolute Gasteiger partial charge is 0.493 e. The minimum absolute atomic E-state index is 0.207. The van der Waals surface area contributed by atoms with Gasteiger partial charge < -0.3 is 14.8 Å². The molecule has 0 atom stereocenters. The van der Waals surface area contributed by atoms with E-state index in [1.54, 1.807) is 13.2 Å². The first kappa shape index (κ1) is 18.1. The molecule has 0 saturated heterocycles. The van der Waals surface area contributed by atoms with Gasteiger partial charge in [0.1, 0.15) is 12.3 Å². The Balaban J connectivity index is 1.47. The van der Waals surface area contributed by atoms with E-state index in [1.807, 2.05) is 54.6 Å². The van der Waals surface area contributed by atoms with Crippen molar-refractivity contribution < 1.29 is 14.3 Å². The number of methoxy groups -OCH3 is 1. The second-order valence-electron chi connectivity index (χ2n) is 5.51.